The second kappa shape index (κ2) is 11.0. The van der Waals surface area contributed by atoms with Gasteiger partial charge in [-0.15, -0.1) is 0 Å². The fraction of sp³-hybridized carbons (Fsp3) is 0.286. The Kier molecular flexibility index (Phi) is 7.60. The Hall–Kier alpha value is -3.64. The number of likely N-dealkylation sites (N-methyl/N-ethyl adjacent to an activating group) is 1. The van der Waals surface area contributed by atoms with Crippen LogP contribution < -0.4 is 9.64 Å². The van der Waals surface area contributed by atoms with Crippen molar-refractivity contribution in [2.75, 3.05) is 45.2 Å². The number of hydrogen-bond acceptors (Lipinski definition) is 4. The van der Waals surface area contributed by atoms with Crippen molar-refractivity contribution in [3.8, 4) is 5.75 Å². The number of benzene rings is 3. The zero-order valence-corrected chi connectivity index (χ0v) is 19.8. The van der Waals surface area contributed by atoms with Crippen LogP contribution in [0.3, 0.4) is 0 Å². The first-order valence-electron chi connectivity index (χ1n) is 11.6. The first-order valence-corrected chi connectivity index (χ1v) is 11.6. The van der Waals surface area contributed by atoms with Crippen LogP contribution in [0.5, 0.6) is 5.75 Å². The molecule has 1 aliphatic rings. The van der Waals surface area contributed by atoms with E-state index in [2.05, 4.69) is 11.9 Å². The minimum Gasteiger partial charge on any atom is -0.497 e. The molecule has 6 nitrogen and oxygen atoms in total. The third-order valence-corrected chi connectivity index (χ3v) is 6.22. The average Bonchev–Trinajstić information content (AvgIpc) is 2.88. The van der Waals surface area contributed by atoms with Gasteiger partial charge in [-0.1, -0.05) is 42.5 Å². The summed E-state index contributed by atoms with van der Waals surface area (Å²) in [5.74, 6) is 0.855. The largest absolute Gasteiger partial charge is 0.497 e. The molecule has 6 heteroatoms. The molecule has 0 atom stereocenters. The maximum absolute atomic E-state index is 13.4. The molecule has 34 heavy (non-hydrogen) atoms. The average molecular weight is 458 g/mol. The van der Waals surface area contributed by atoms with Gasteiger partial charge < -0.3 is 19.4 Å². The summed E-state index contributed by atoms with van der Waals surface area (Å²) < 4.78 is 5.26. The van der Waals surface area contributed by atoms with E-state index in [9.17, 15) is 9.59 Å². The topological polar surface area (TPSA) is 53.1 Å². The lowest BCUT2D eigenvalue weighted by Crippen LogP contribution is -2.47. The molecule has 2 amide bonds. The molecule has 0 spiro atoms. The predicted molar refractivity (Wildman–Crippen MR) is 134 cm³/mol. The van der Waals surface area contributed by atoms with Crippen molar-refractivity contribution in [1.29, 1.82) is 0 Å². The summed E-state index contributed by atoms with van der Waals surface area (Å²) in [5.41, 5.74) is 3.37. The lowest BCUT2D eigenvalue weighted by atomic mass is 10.1. The van der Waals surface area contributed by atoms with Crippen LogP contribution in [0.2, 0.25) is 0 Å². The minimum absolute atomic E-state index is 0.0716. The van der Waals surface area contributed by atoms with Gasteiger partial charge in [0.05, 0.1) is 20.1 Å². The van der Waals surface area contributed by atoms with Gasteiger partial charge in [0.2, 0.25) is 5.91 Å². The number of nitrogens with zero attached hydrogens (tertiary/aromatic N) is 3. The number of methoxy groups -OCH3 is 1. The summed E-state index contributed by atoms with van der Waals surface area (Å²) in [4.78, 5) is 32.1. The second-order valence-electron chi connectivity index (χ2n) is 8.63. The molecule has 1 saturated heterocycles. The van der Waals surface area contributed by atoms with E-state index in [0.29, 0.717) is 18.5 Å². The molecule has 3 aromatic rings. The first-order chi connectivity index (χ1) is 16.5. The van der Waals surface area contributed by atoms with Gasteiger partial charge in [-0.2, -0.15) is 0 Å². The van der Waals surface area contributed by atoms with Crippen LogP contribution in [0, 0.1) is 0 Å². The molecule has 0 saturated carbocycles. The smallest absolute Gasteiger partial charge is 0.258 e. The fourth-order valence-electron chi connectivity index (χ4n) is 4.07. The van der Waals surface area contributed by atoms with Crippen molar-refractivity contribution in [3.05, 3.63) is 95.6 Å². The van der Waals surface area contributed by atoms with Gasteiger partial charge in [0.15, 0.2) is 0 Å². The van der Waals surface area contributed by atoms with Crippen LogP contribution in [0.4, 0.5) is 5.69 Å². The van der Waals surface area contributed by atoms with Crippen molar-refractivity contribution in [2.24, 2.45) is 0 Å². The highest BCUT2D eigenvalue weighted by Gasteiger charge is 2.21. The minimum atomic E-state index is -0.0716. The molecule has 176 valence electrons. The molecular formula is C28H31N3O3. The monoisotopic (exact) mass is 457 g/mol. The van der Waals surface area contributed by atoms with Gasteiger partial charge in [-0.3, -0.25) is 9.59 Å². The van der Waals surface area contributed by atoms with Crippen LogP contribution in [-0.2, 0) is 17.8 Å². The van der Waals surface area contributed by atoms with Gasteiger partial charge in [-0.25, -0.2) is 0 Å². The highest BCUT2D eigenvalue weighted by atomic mass is 16.5. The van der Waals surface area contributed by atoms with E-state index < -0.39 is 0 Å². The molecule has 1 heterocycles. The molecule has 4 rings (SSSR count). The summed E-state index contributed by atoms with van der Waals surface area (Å²) in [6, 6.07) is 24.8. The zero-order chi connectivity index (χ0) is 23.9. The van der Waals surface area contributed by atoms with Gasteiger partial charge in [0.1, 0.15) is 5.75 Å². The number of ether oxygens (including phenoxy) is 1. The Morgan fingerprint density at radius 1 is 0.824 bits per heavy atom. The quantitative estimate of drug-likeness (QED) is 0.541. The maximum Gasteiger partial charge on any atom is 0.258 e. The van der Waals surface area contributed by atoms with Crippen LogP contribution in [0.1, 0.15) is 21.5 Å². The molecular weight excluding hydrogens is 426 g/mol. The summed E-state index contributed by atoms with van der Waals surface area (Å²) >= 11 is 0. The summed E-state index contributed by atoms with van der Waals surface area (Å²) in [6.07, 6.45) is 0.370. The molecule has 0 radical (unpaired) electrons. The Morgan fingerprint density at radius 2 is 1.44 bits per heavy atom. The van der Waals surface area contributed by atoms with E-state index in [-0.39, 0.29) is 11.8 Å². The van der Waals surface area contributed by atoms with Gasteiger partial charge in [-0.05, 0) is 54.6 Å². The Labute approximate surface area is 201 Å². The van der Waals surface area contributed by atoms with Crippen molar-refractivity contribution in [1.82, 2.24) is 9.80 Å². The summed E-state index contributed by atoms with van der Waals surface area (Å²) in [6.45, 7) is 3.79. The number of anilines is 1. The third-order valence-electron chi connectivity index (χ3n) is 6.22. The van der Waals surface area contributed by atoms with Crippen molar-refractivity contribution < 1.29 is 14.3 Å². The summed E-state index contributed by atoms with van der Waals surface area (Å²) in [5, 5.41) is 0. The Morgan fingerprint density at radius 3 is 2.06 bits per heavy atom. The third kappa shape index (κ3) is 5.83. The molecule has 0 bridgehead atoms. The molecule has 1 fully saturated rings. The normalized spacial score (nSPS) is 14.0. The van der Waals surface area contributed by atoms with Crippen LogP contribution >= 0.6 is 0 Å². The van der Waals surface area contributed by atoms with Crippen molar-refractivity contribution in [2.45, 2.75) is 13.0 Å². The molecule has 0 unspecified atom stereocenters. The van der Waals surface area contributed by atoms with E-state index in [4.69, 9.17) is 4.74 Å². The number of carbonyl (C=O) groups is 2. The Balaban J connectivity index is 1.52. The zero-order valence-electron chi connectivity index (χ0n) is 19.8. The predicted octanol–water partition coefficient (Wildman–Crippen LogP) is 3.86. The van der Waals surface area contributed by atoms with E-state index in [1.165, 1.54) is 0 Å². The van der Waals surface area contributed by atoms with Gasteiger partial charge in [0.25, 0.3) is 5.91 Å². The fourth-order valence-corrected chi connectivity index (χ4v) is 4.07. The standard InChI is InChI=1S/C28H31N3O3/c1-29-16-18-30(19-17-29)27(32)20-22-8-12-25(13-9-22)31(28(33)24-6-4-3-5-7-24)21-23-10-14-26(34-2)15-11-23/h3-15H,16-21H2,1-2H3. The van der Waals surface area contributed by atoms with Crippen molar-refractivity contribution >= 4 is 17.5 Å². The lowest BCUT2D eigenvalue weighted by Gasteiger charge is -2.32. The highest BCUT2D eigenvalue weighted by molar-refractivity contribution is 6.06. The molecule has 1 aliphatic heterocycles. The van der Waals surface area contributed by atoms with E-state index in [1.54, 1.807) is 12.0 Å². The first kappa shape index (κ1) is 23.5. The van der Waals surface area contributed by atoms with Crippen LogP contribution in [-0.4, -0.2) is 62.0 Å². The molecule has 0 aliphatic carbocycles. The molecule has 0 aromatic heterocycles. The van der Waals surface area contributed by atoms with E-state index in [0.717, 1.165) is 48.7 Å². The molecule has 0 N–H and O–H groups in total. The number of piperazine rings is 1. The number of rotatable bonds is 7. The second-order valence-corrected chi connectivity index (χ2v) is 8.63. The highest BCUT2D eigenvalue weighted by Crippen LogP contribution is 2.23. The van der Waals surface area contributed by atoms with Crippen LogP contribution in [0.15, 0.2) is 78.9 Å². The van der Waals surface area contributed by atoms with E-state index >= 15 is 0 Å². The number of carbonyl (C=O) groups excluding carboxylic acids is 2. The maximum atomic E-state index is 13.4. The van der Waals surface area contributed by atoms with Gasteiger partial charge >= 0.3 is 0 Å². The SMILES string of the molecule is COc1ccc(CN(C(=O)c2ccccc2)c2ccc(CC(=O)N3CCN(C)CC3)cc2)cc1. The Bertz CT molecular complexity index is 1090. The van der Waals surface area contributed by atoms with Crippen LogP contribution in [0.25, 0.3) is 0 Å². The lowest BCUT2D eigenvalue weighted by molar-refractivity contribution is -0.132. The number of hydrogen-bond donors (Lipinski definition) is 0. The molecule has 3 aromatic carbocycles. The van der Waals surface area contributed by atoms with Crippen molar-refractivity contribution in [3.63, 3.8) is 0 Å². The summed E-state index contributed by atoms with van der Waals surface area (Å²) in [7, 11) is 3.71. The van der Waals surface area contributed by atoms with E-state index in [1.807, 2.05) is 83.8 Å². The number of amides is 2. The van der Waals surface area contributed by atoms with Gasteiger partial charge in [0, 0.05) is 37.4 Å².